The summed E-state index contributed by atoms with van der Waals surface area (Å²) in [6.45, 7) is 6.22. The van der Waals surface area contributed by atoms with Crippen LogP contribution in [0.1, 0.15) is 39.8 Å². The summed E-state index contributed by atoms with van der Waals surface area (Å²) in [5, 5.41) is 14.6. The average molecular weight is 453 g/mol. The van der Waals surface area contributed by atoms with Crippen LogP contribution < -0.4 is 15.2 Å². The van der Waals surface area contributed by atoms with Gasteiger partial charge in [-0.15, -0.1) is 0 Å². The molecule has 0 amide bonds. The maximum Gasteiger partial charge on any atom is 0.229 e. The number of nitrogens with zero attached hydrogens (tertiary/aromatic N) is 3. The van der Waals surface area contributed by atoms with E-state index in [0.717, 1.165) is 33.8 Å². The molecule has 34 heavy (non-hydrogen) atoms. The topological polar surface area (TPSA) is 99.2 Å². The summed E-state index contributed by atoms with van der Waals surface area (Å²) in [5.41, 5.74) is 11.1. The lowest BCUT2D eigenvalue weighted by Gasteiger charge is -2.23. The van der Waals surface area contributed by atoms with Crippen molar-refractivity contribution < 1.29 is 13.9 Å². The number of allylic oxidation sites excluding steroid dienone is 1. The van der Waals surface area contributed by atoms with Crippen molar-refractivity contribution in [3.63, 3.8) is 0 Å². The molecule has 1 aliphatic rings. The van der Waals surface area contributed by atoms with E-state index in [1.807, 2.05) is 75.4 Å². The van der Waals surface area contributed by atoms with Crippen LogP contribution in [0.25, 0.3) is 5.69 Å². The Balaban J connectivity index is 1.50. The van der Waals surface area contributed by atoms with Gasteiger partial charge in [-0.25, -0.2) is 4.68 Å². The normalized spacial score (nSPS) is 14.9. The van der Waals surface area contributed by atoms with Crippen molar-refractivity contribution >= 4 is 0 Å². The fraction of sp³-hybridized carbons (Fsp3) is 0.185. The van der Waals surface area contributed by atoms with E-state index < -0.39 is 5.92 Å². The van der Waals surface area contributed by atoms with Crippen molar-refractivity contribution in [3.05, 3.63) is 106 Å². The molecule has 0 spiro atoms. The molecule has 0 bridgehead atoms. The highest BCUT2D eigenvalue weighted by Gasteiger charge is 2.38. The number of benzene rings is 2. The van der Waals surface area contributed by atoms with Crippen molar-refractivity contribution in [2.45, 2.75) is 33.3 Å². The molecule has 1 aliphatic heterocycles. The van der Waals surface area contributed by atoms with E-state index in [1.165, 1.54) is 0 Å². The zero-order chi connectivity index (χ0) is 23.8. The van der Waals surface area contributed by atoms with E-state index in [0.29, 0.717) is 23.0 Å². The van der Waals surface area contributed by atoms with E-state index >= 15 is 0 Å². The number of ether oxygens (including phenoxy) is 2. The Morgan fingerprint density at radius 2 is 1.79 bits per heavy atom. The molecule has 4 aromatic rings. The number of hydrogen-bond donors (Lipinski definition) is 1. The van der Waals surface area contributed by atoms with Gasteiger partial charge >= 0.3 is 0 Å². The largest absolute Gasteiger partial charge is 0.486 e. The van der Waals surface area contributed by atoms with Gasteiger partial charge in [0.05, 0.1) is 22.9 Å². The second-order valence-corrected chi connectivity index (χ2v) is 8.39. The van der Waals surface area contributed by atoms with Crippen molar-refractivity contribution in [3.8, 4) is 23.4 Å². The smallest absolute Gasteiger partial charge is 0.229 e. The first-order valence-electron chi connectivity index (χ1n) is 11.0. The molecule has 0 fully saturated rings. The van der Waals surface area contributed by atoms with E-state index in [2.05, 4.69) is 17.2 Å². The maximum atomic E-state index is 9.88. The van der Waals surface area contributed by atoms with Gasteiger partial charge < -0.3 is 19.6 Å². The third-order valence-electron chi connectivity index (χ3n) is 5.78. The molecule has 3 heterocycles. The quantitative estimate of drug-likeness (QED) is 0.447. The third-order valence-corrected chi connectivity index (χ3v) is 5.78. The van der Waals surface area contributed by atoms with Gasteiger partial charge in [0.15, 0.2) is 0 Å². The molecule has 5 rings (SSSR count). The summed E-state index contributed by atoms with van der Waals surface area (Å²) in [6, 6.07) is 21.6. The van der Waals surface area contributed by atoms with Gasteiger partial charge in [-0.1, -0.05) is 24.3 Å². The van der Waals surface area contributed by atoms with Crippen molar-refractivity contribution in [1.82, 2.24) is 9.78 Å². The minimum Gasteiger partial charge on any atom is -0.486 e. The number of hydrogen-bond acceptors (Lipinski definition) is 6. The van der Waals surface area contributed by atoms with E-state index in [1.54, 1.807) is 4.68 Å². The van der Waals surface area contributed by atoms with Crippen LogP contribution in [0.15, 0.2) is 76.5 Å². The second-order valence-electron chi connectivity index (χ2n) is 8.39. The summed E-state index contributed by atoms with van der Waals surface area (Å²) >= 11 is 0. The highest BCUT2D eigenvalue weighted by atomic mass is 16.5. The van der Waals surface area contributed by atoms with Gasteiger partial charge in [-0.2, -0.15) is 10.4 Å². The van der Waals surface area contributed by atoms with Crippen molar-refractivity contribution in [2.75, 3.05) is 0 Å². The molecule has 0 aliphatic carbocycles. The molecule has 1 unspecified atom stereocenters. The first-order valence-corrected chi connectivity index (χ1v) is 11.0. The molecule has 170 valence electrons. The van der Waals surface area contributed by atoms with Crippen LogP contribution in [-0.4, -0.2) is 9.78 Å². The molecule has 2 aromatic heterocycles. The Kier molecular flexibility index (Phi) is 5.34. The van der Waals surface area contributed by atoms with Crippen LogP contribution in [0.5, 0.6) is 11.6 Å². The van der Waals surface area contributed by atoms with Crippen LogP contribution in [0.4, 0.5) is 0 Å². The molecular weight excluding hydrogens is 428 g/mol. The Hall–Kier alpha value is -4.44. The summed E-state index contributed by atoms with van der Waals surface area (Å²) in [4.78, 5) is 0. The molecule has 1 atom stereocenters. The van der Waals surface area contributed by atoms with Crippen LogP contribution in [0.3, 0.4) is 0 Å². The number of nitriles is 1. The first-order chi connectivity index (χ1) is 16.4. The lowest BCUT2D eigenvalue weighted by molar-refractivity contribution is 0.264. The monoisotopic (exact) mass is 452 g/mol. The van der Waals surface area contributed by atoms with E-state index in [-0.39, 0.29) is 12.5 Å². The minimum atomic E-state index is -0.527. The number of aromatic nitrogens is 2. The highest BCUT2D eigenvalue weighted by Crippen LogP contribution is 2.45. The Labute approximate surface area is 197 Å². The molecule has 0 saturated carbocycles. The molecule has 7 heteroatoms. The standard InChI is InChI=1S/C27H24N4O3/c1-16-11-17(2)13-21(12-16)32-15-20-9-10-23(33-20)25-22(14-28)26(29)34-27-24(25)18(3)30-31(27)19-7-5-4-6-8-19/h4-13,25H,15,29H2,1-3H3. The van der Waals surface area contributed by atoms with Crippen LogP contribution in [-0.2, 0) is 6.61 Å². The van der Waals surface area contributed by atoms with Gasteiger partial charge in [0, 0.05) is 0 Å². The maximum absolute atomic E-state index is 9.88. The van der Waals surface area contributed by atoms with E-state index in [4.69, 9.17) is 19.6 Å². The van der Waals surface area contributed by atoms with Crippen molar-refractivity contribution in [1.29, 1.82) is 5.26 Å². The Morgan fingerprint density at radius 3 is 2.50 bits per heavy atom. The average Bonchev–Trinajstić information content (AvgIpc) is 3.41. The first kappa shape index (κ1) is 21.4. The zero-order valence-electron chi connectivity index (χ0n) is 19.2. The predicted molar refractivity (Wildman–Crippen MR) is 127 cm³/mol. The number of para-hydroxylation sites is 1. The fourth-order valence-electron chi connectivity index (χ4n) is 4.34. The highest BCUT2D eigenvalue weighted by molar-refractivity contribution is 5.55. The molecular formula is C27H24N4O3. The number of furan rings is 1. The lowest BCUT2D eigenvalue weighted by atomic mass is 9.88. The number of rotatable bonds is 5. The SMILES string of the molecule is Cc1cc(C)cc(OCc2ccc(C3C(C#N)=C(N)Oc4c3c(C)nn4-c3ccccc3)o2)c1. The fourth-order valence-corrected chi connectivity index (χ4v) is 4.34. The van der Waals surface area contributed by atoms with Crippen LogP contribution in [0.2, 0.25) is 0 Å². The van der Waals surface area contributed by atoms with Crippen LogP contribution in [0, 0.1) is 32.1 Å². The molecule has 7 nitrogen and oxygen atoms in total. The number of aryl methyl sites for hydroxylation is 3. The summed E-state index contributed by atoms with van der Waals surface area (Å²) in [6.07, 6.45) is 0. The Morgan fingerprint density at radius 1 is 1.06 bits per heavy atom. The molecule has 0 radical (unpaired) electrons. The van der Waals surface area contributed by atoms with Gasteiger partial charge in [-0.05, 0) is 68.3 Å². The van der Waals surface area contributed by atoms with Gasteiger partial charge in [0.2, 0.25) is 11.8 Å². The summed E-state index contributed by atoms with van der Waals surface area (Å²) in [5.74, 6) is 2.01. The number of fused-ring (bicyclic) bond motifs is 1. The van der Waals surface area contributed by atoms with Crippen molar-refractivity contribution in [2.24, 2.45) is 5.73 Å². The predicted octanol–water partition coefficient (Wildman–Crippen LogP) is 5.19. The third kappa shape index (κ3) is 3.80. The number of nitrogens with two attached hydrogens (primary N) is 1. The van der Waals surface area contributed by atoms with Crippen LogP contribution >= 0.6 is 0 Å². The lowest BCUT2D eigenvalue weighted by Crippen LogP contribution is -2.21. The van der Waals surface area contributed by atoms with E-state index in [9.17, 15) is 5.26 Å². The minimum absolute atomic E-state index is 0.0431. The summed E-state index contributed by atoms with van der Waals surface area (Å²) in [7, 11) is 0. The van der Waals surface area contributed by atoms with Gasteiger partial charge in [0.25, 0.3) is 0 Å². The zero-order valence-corrected chi connectivity index (χ0v) is 19.2. The summed E-state index contributed by atoms with van der Waals surface area (Å²) < 4.78 is 19.7. The molecule has 0 saturated heterocycles. The van der Waals surface area contributed by atoms with Gasteiger partial charge in [-0.3, -0.25) is 0 Å². The second kappa shape index (κ2) is 8.49. The van der Waals surface area contributed by atoms with Gasteiger partial charge in [0.1, 0.15) is 35.5 Å². The molecule has 2 aromatic carbocycles. The Bertz CT molecular complexity index is 1420. The molecule has 2 N–H and O–H groups in total.